The van der Waals surface area contributed by atoms with Crippen molar-refractivity contribution in [3.63, 3.8) is 0 Å². The Morgan fingerprint density at radius 2 is 2.05 bits per heavy atom. The van der Waals surface area contributed by atoms with E-state index in [1.54, 1.807) is 0 Å². The molecule has 2 heterocycles. The van der Waals surface area contributed by atoms with Gasteiger partial charge in [-0.05, 0) is 36.8 Å². The lowest BCUT2D eigenvalue weighted by Crippen LogP contribution is -2.47. The van der Waals surface area contributed by atoms with Crippen LogP contribution >= 0.6 is 0 Å². The first-order valence-corrected chi connectivity index (χ1v) is 8.27. The maximum absolute atomic E-state index is 13.2. The second-order valence-corrected chi connectivity index (χ2v) is 7.11. The Labute approximate surface area is 127 Å². The van der Waals surface area contributed by atoms with Gasteiger partial charge in [-0.3, -0.25) is 9.78 Å². The van der Waals surface area contributed by atoms with Gasteiger partial charge in [-0.25, -0.2) is 0 Å². The highest BCUT2D eigenvalue weighted by Gasteiger charge is 2.46. The minimum atomic E-state index is -0.102. The van der Waals surface area contributed by atoms with E-state index in [1.165, 1.54) is 29.7 Å². The van der Waals surface area contributed by atoms with Gasteiger partial charge in [-0.2, -0.15) is 0 Å². The molecule has 0 radical (unpaired) electrons. The summed E-state index contributed by atoms with van der Waals surface area (Å²) in [5, 5.41) is 0. The number of carbonyl (C=O) groups is 1. The number of pyridine rings is 1. The fourth-order valence-electron chi connectivity index (χ4n) is 4.08. The van der Waals surface area contributed by atoms with Crippen LogP contribution in [0, 0.1) is 18.3 Å². The molecule has 1 amide bonds. The summed E-state index contributed by atoms with van der Waals surface area (Å²) < 4.78 is 0. The zero-order chi connectivity index (χ0) is 15.0. The van der Waals surface area contributed by atoms with E-state index in [4.69, 9.17) is 0 Å². The highest BCUT2D eigenvalue weighted by molar-refractivity contribution is 5.83. The zero-order valence-corrected chi connectivity index (χ0v) is 13.5. The summed E-state index contributed by atoms with van der Waals surface area (Å²) in [5.74, 6) is 0.826. The standard InChI is InChI=1S/C18H26N2O/c1-13(2)18(7-4-5-8-18)17(21)20-9-6-16-15(12-20)10-14(3)11-19-16/h10-11,13H,4-9,12H2,1-3H3. The van der Waals surface area contributed by atoms with Crippen LogP contribution in [0.1, 0.15) is 56.4 Å². The third-order valence-electron chi connectivity index (χ3n) is 5.49. The Bertz CT molecular complexity index is 544. The Balaban J connectivity index is 1.83. The predicted molar refractivity (Wildman–Crippen MR) is 83.8 cm³/mol. The molecule has 2 aliphatic rings. The number of nitrogens with zero attached hydrogens (tertiary/aromatic N) is 2. The van der Waals surface area contributed by atoms with Gasteiger partial charge in [0.15, 0.2) is 0 Å². The van der Waals surface area contributed by atoms with E-state index >= 15 is 0 Å². The molecule has 1 aromatic heterocycles. The average Bonchev–Trinajstić information content (AvgIpc) is 2.96. The summed E-state index contributed by atoms with van der Waals surface area (Å²) >= 11 is 0. The first kappa shape index (κ1) is 14.6. The van der Waals surface area contributed by atoms with Gasteiger partial charge in [0.1, 0.15) is 0 Å². The molecule has 1 saturated carbocycles. The van der Waals surface area contributed by atoms with Crippen molar-refractivity contribution in [1.82, 2.24) is 9.88 Å². The van der Waals surface area contributed by atoms with Gasteiger partial charge in [0.05, 0.1) is 5.41 Å². The summed E-state index contributed by atoms with van der Waals surface area (Å²) in [6.45, 7) is 8.08. The Morgan fingerprint density at radius 3 is 2.71 bits per heavy atom. The SMILES string of the molecule is Cc1cnc2c(c1)CN(C(=O)C1(C(C)C)CCCC1)CC2. The van der Waals surface area contributed by atoms with E-state index in [1.807, 2.05) is 6.20 Å². The summed E-state index contributed by atoms with van der Waals surface area (Å²) in [6, 6.07) is 2.19. The summed E-state index contributed by atoms with van der Waals surface area (Å²) in [6.07, 6.45) is 7.38. The molecule has 1 aliphatic carbocycles. The van der Waals surface area contributed by atoms with Crippen LogP contribution in [0.15, 0.2) is 12.3 Å². The Kier molecular flexibility index (Phi) is 3.76. The molecule has 0 spiro atoms. The summed E-state index contributed by atoms with van der Waals surface area (Å²) in [4.78, 5) is 19.8. The number of rotatable bonds is 2. The van der Waals surface area contributed by atoms with Crippen molar-refractivity contribution in [1.29, 1.82) is 0 Å². The Hall–Kier alpha value is -1.38. The smallest absolute Gasteiger partial charge is 0.229 e. The van der Waals surface area contributed by atoms with Gasteiger partial charge < -0.3 is 4.90 Å². The molecular formula is C18H26N2O. The lowest BCUT2D eigenvalue weighted by molar-refractivity contribution is -0.145. The fourth-order valence-corrected chi connectivity index (χ4v) is 4.08. The number of carbonyl (C=O) groups excluding carboxylic acids is 1. The maximum Gasteiger partial charge on any atom is 0.229 e. The van der Waals surface area contributed by atoms with Gasteiger partial charge >= 0.3 is 0 Å². The van der Waals surface area contributed by atoms with E-state index in [2.05, 4.69) is 36.7 Å². The lowest BCUT2D eigenvalue weighted by Gasteiger charge is -2.39. The fraction of sp³-hybridized carbons (Fsp3) is 0.667. The van der Waals surface area contributed by atoms with Crippen LogP contribution in [0.25, 0.3) is 0 Å². The van der Waals surface area contributed by atoms with E-state index in [0.717, 1.165) is 32.4 Å². The molecule has 1 aromatic rings. The van der Waals surface area contributed by atoms with Crippen molar-refractivity contribution >= 4 is 5.91 Å². The van der Waals surface area contributed by atoms with Crippen LogP contribution in [0.4, 0.5) is 0 Å². The molecule has 0 bridgehead atoms. The highest BCUT2D eigenvalue weighted by atomic mass is 16.2. The number of hydrogen-bond donors (Lipinski definition) is 0. The van der Waals surface area contributed by atoms with E-state index in [0.29, 0.717) is 11.8 Å². The van der Waals surface area contributed by atoms with Crippen LogP contribution in [-0.4, -0.2) is 22.3 Å². The quantitative estimate of drug-likeness (QED) is 0.834. The van der Waals surface area contributed by atoms with Gasteiger partial charge in [-0.1, -0.05) is 32.8 Å². The molecule has 0 N–H and O–H groups in total. The van der Waals surface area contributed by atoms with Gasteiger partial charge in [-0.15, -0.1) is 0 Å². The van der Waals surface area contributed by atoms with E-state index in [9.17, 15) is 4.79 Å². The third-order valence-corrected chi connectivity index (χ3v) is 5.49. The number of hydrogen-bond acceptors (Lipinski definition) is 2. The first-order chi connectivity index (χ1) is 10.0. The zero-order valence-electron chi connectivity index (χ0n) is 13.5. The molecule has 1 fully saturated rings. The van der Waals surface area contributed by atoms with Crippen LogP contribution in [0.3, 0.4) is 0 Å². The lowest BCUT2D eigenvalue weighted by atomic mass is 9.74. The van der Waals surface area contributed by atoms with Crippen molar-refractivity contribution in [2.24, 2.45) is 11.3 Å². The van der Waals surface area contributed by atoms with Crippen molar-refractivity contribution in [2.45, 2.75) is 59.4 Å². The number of aryl methyl sites for hydroxylation is 1. The van der Waals surface area contributed by atoms with Crippen molar-refractivity contribution in [3.05, 3.63) is 29.1 Å². The molecule has 114 valence electrons. The minimum Gasteiger partial charge on any atom is -0.337 e. The molecule has 0 unspecified atom stereocenters. The van der Waals surface area contributed by atoms with E-state index in [-0.39, 0.29) is 5.41 Å². The van der Waals surface area contributed by atoms with Crippen LogP contribution < -0.4 is 0 Å². The minimum absolute atomic E-state index is 0.102. The molecule has 0 atom stereocenters. The summed E-state index contributed by atoms with van der Waals surface area (Å²) in [5.41, 5.74) is 3.50. The summed E-state index contributed by atoms with van der Waals surface area (Å²) in [7, 11) is 0. The molecule has 3 nitrogen and oxygen atoms in total. The van der Waals surface area contributed by atoms with Gasteiger partial charge in [0, 0.05) is 31.4 Å². The average molecular weight is 286 g/mol. The number of fused-ring (bicyclic) bond motifs is 1. The van der Waals surface area contributed by atoms with Gasteiger partial charge in [0.25, 0.3) is 0 Å². The maximum atomic E-state index is 13.2. The monoisotopic (exact) mass is 286 g/mol. The molecule has 0 aromatic carbocycles. The van der Waals surface area contributed by atoms with Gasteiger partial charge in [0.2, 0.25) is 5.91 Å². The van der Waals surface area contributed by atoms with Crippen molar-refractivity contribution in [2.75, 3.05) is 6.54 Å². The Morgan fingerprint density at radius 1 is 1.33 bits per heavy atom. The highest BCUT2D eigenvalue weighted by Crippen LogP contribution is 2.46. The largest absolute Gasteiger partial charge is 0.337 e. The molecule has 21 heavy (non-hydrogen) atoms. The van der Waals surface area contributed by atoms with Crippen molar-refractivity contribution in [3.8, 4) is 0 Å². The molecule has 3 heteroatoms. The predicted octanol–water partition coefficient (Wildman–Crippen LogP) is 3.49. The molecular weight excluding hydrogens is 260 g/mol. The molecule has 0 saturated heterocycles. The second kappa shape index (κ2) is 5.43. The van der Waals surface area contributed by atoms with E-state index < -0.39 is 0 Å². The topological polar surface area (TPSA) is 33.2 Å². The normalized spacial score (nSPS) is 20.7. The van der Waals surface area contributed by atoms with Crippen LogP contribution in [-0.2, 0) is 17.8 Å². The number of amides is 1. The molecule has 3 rings (SSSR count). The number of aromatic nitrogens is 1. The third kappa shape index (κ3) is 2.47. The first-order valence-electron chi connectivity index (χ1n) is 8.27. The molecule has 1 aliphatic heterocycles. The second-order valence-electron chi connectivity index (χ2n) is 7.11. The van der Waals surface area contributed by atoms with Crippen LogP contribution in [0.5, 0.6) is 0 Å². The van der Waals surface area contributed by atoms with Crippen molar-refractivity contribution < 1.29 is 4.79 Å². The van der Waals surface area contributed by atoms with Crippen LogP contribution in [0.2, 0.25) is 0 Å².